The van der Waals surface area contributed by atoms with Gasteiger partial charge in [-0.05, 0) is 37.2 Å². The minimum Gasteiger partial charge on any atom is -0.508 e. The minimum atomic E-state index is -6.00. The Morgan fingerprint density at radius 3 is 0.565 bits per heavy atom. The van der Waals surface area contributed by atoms with Crippen molar-refractivity contribution in [2.24, 2.45) is 0 Å². The topological polar surface area (TPSA) is 38.9 Å². The van der Waals surface area contributed by atoms with Gasteiger partial charge in [0.05, 0.1) is 0 Å². The van der Waals surface area contributed by atoms with Crippen molar-refractivity contribution in [2.45, 2.75) is 0 Å². The summed E-state index contributed by atoms with van der Waals surface area (Å²) in [5, 5.41) is 0. The first-order valence-electron chi connectivity index (χ1n) is 12.9. The van der Waals surface area contributed by atoms with Crippen molar-refractivity contribution in [3.8, 4) is 0 Å². The molecule has 46 heavy (non-hydrogen) atoms. The molecule has 12 nitrogen and oxygen atoms in total. The van der Waals surface area contributed by atoms with Crippen molar-refractivity contribution in [1.29, 1.82) is 0 Å². The van der Waals surface area contributed by atoms with Crippen LogP contribution in [0, 0.1) is 40.0 Å². The van der Waals surface area contributed by atoms with Gasteiger partial charge in [-0.2, -0.15) is 0 Å². The summed E-state index contributed by atoms with van der Waals surface area (Å²) in [6.45, 7) is 19.3. The molecule has 0 aromatic carbocycles. The van der Waals surface area contributed by atoms with E-state index in [0.717, 1.165) is 0 Å². The molecule has 0 bridgehead atoms. The first-order valence-corrected chi connectivity index (χ1v) is 12.9. The zero-order valence-electron chi connectivity index (χ0n) is 25.4. The van der Waals surface area contributed by atoms with Gasteiger partial charge in [-0.15, -0.1) is 0 Å². The van der Waals surface area contributed by atoms with Gasteiger partial charge in [0, 0.05) is 79.5 Å². The molecule has 6 rings (SSSR count). The Balaban J connectivity index is 0.000000380. The predicted molar refractivity (Wildman–Crippen MR) is 154 cm³/mol. The normalized spacial score (nSPS) is 19.6. The van der Waals surface area contributed by atoms with Gasteiger partial charge in [0.15, 0.2) is 54.2 Å². The van der Waals surface area contributed by atoms with Crippen molar-refractivity contribution < 1.29 is 68.5 Å². The number of halogens is 4. The molecule has 0 aromatic rings. The average Bonchev–Trinajstić information content (AvgIpc) is 3.74. The summed E-state index contributed by atoms with van der Waals surface area (Å²) in [6.07, 6.45) is 23.6. The van der Waals surface area contributed by atoms with Gasteiger partial charge in [-0.25, -0.2) is 0 Å². The minimum absolute atomic E-state index is 0. The van der Waals surface area contributed by atoms with Crippen LogP contribution in [0.1, 0.15) is 0 Å². The van der Waals surface area contributed by atoms with Crippen LogP contribution in [0.3, 0.4) is 0 Å². The molecule has 0 spiro atoms. The Labute approximate surface area is 303 Å². The standard InChI is InChI=1S/2C12H15BN6.BF4.3Cu/c2*1-14-4-7-17(10-14)13(18-8-5-15(2)11-18)19-9-6-16(3)12-19;2-1(3,4)5;;;/h2*4-9H,1-3H3;;;;/q3*-1;3*+1. The van der Waals surface area contributed by atoms with E-state index in [4.69, 9.17) is 0 Å². The maximum atomic E-state index is 9.75. The fourth-order valence-electron chi connectivity index (χ4n) is 4.10. The zero-order chi connectivity index (χ0) is 31.3. The summed E-state index contributed by atoms with van der Waals surface area (Å²) in [4.78, 5) is 23.2. The van der Waals surface area contributed by atoms with Crippen LogP contribution in [0.5, 0.6) is 0 Å². The Hall–Kier alpha value is -2.49. The quantitative estimate of drug-likeness (QED) is 0.290. The Morgan fingerprint density at radius 1 is 0.348 bits per heavy atom. The van der Waals surface area contributed by atoms with Crippen LogP contribution in [-0.4, -0.2) is 122 Å². The molecular weight excluding hydrogens is 755 g/mol. The van der Waals surface area contributed by atoms with Crippen molar-refractivity contribution in [3.05, 3.63) is 114 Å². The fourth-order valence-corrected chi connectivity index (χ4v) is 4.10. The zero-order valence-corrected chi connectivity index (χ0v) is 28.3. The Kier molecular flexibility index (Phi) is 16.4. The molecule has 22 heteroatoms. The van der Waals surface area contributed by atoms with E-state index in [1.165, 1.54) is 0 Å². The van der Waals surface area contributed by atoms with Gasteiger partial charge in [0.1, 0.15) is 0 Å². The monoisotopic (exact) mass is 784 g/mol. The van der Waals surface area contributed by atoms with E-state index < -0.39 is 7.25 Å². The van der Waals surface area contributed by atoms with E-state index >= 15 is 0 Å². The summed E-state index contributed by atoms with van der Waals surface area (Å²) in [6, 6.07) is 0. The number of rotatable bonds is 6. The third kappa shape index (κ3) is 11.9. The summed E-state index contributed by atoms with van der Waals surface area (Å²) in [7, 11) is 5.49. The second kappa shape index (κ2) is 18.2. The van der Waals surface area contributed by atoms with Crippen LogP contribution < -0.4 is 0 Å². The summed E-state index contributed by atoms with van der Waals surface area (Å²) < 4.78 is 39.0. The van der Waals surface area contributed by atoms with Crippen molar-refractivity contribution >= 4 is 21.5 Å². The molecule has 256 valence electrons. The summed E-state index contributed by atoms with van der Waals surface area (Å²) >= 11 is 0. The van der Waals surface area contributed by atoms with Crippen LogP contribution in [0.15, 0.2) is 74.4 Å². The van der Waals surface area contributed by atoms with E-state index in [-0.39, 0.29) is 65.4 Å². The smallest absolute Gasteiger partial charge is 0.508 e. The molecule has 0 N–H and O–H groups in total. The molecule has 6 aliphatic heterocycles. The van der Waals surface area contributed by atoms with Gasteiger partial charge >= 0.3 is 58.5 Å². The molecule has 0 unspecified atom stereocenters. The van der Waals surface area contributed by atoms with Gasteiger partial charge in [0.25, 0.3) is 0 Å². The summed E-state index contributed by atoms with van der Waals surface area (Å²) in [5.41, 5.74) is 0. The van der Waals surface area contributed by atoms with Gasteiger partial charge < -0.3 is 75.5 Å². The Bertz CT molecular complexity index is 916. The molecule has 14 radical (unpaired) electrons. The van der Waals surface area contributed by atoms with Crippen LogP contribution >= 0.6 is 0 Å². The van der Waals surface area contributed by atoms with Crippen molar-refractivity contribution in [2.75, 3.05) is 42.3 Å². The SMILES string of the molecule is CN1[C]N([B-](N2[C]N(C)C=C2)N2[C]N(C)C=C2)C=C1.CN1[C]N([B-](N2[C]N(C)C=C2)N2[C]N(C)C=C2)C=C1.F[B-](F)(F)F.[Cu+].[Cu+].[Cu+]. The van der Waals surface area contributed by atoms with Crippen LogP contribution in [0.2, 0.25) is 0 Å². The van der Waals surface area contributed by atoms with E-state index in [2.05, 4.69) is 40.0 Å². The molecule has 0 amide bonds. The second-order valence-electron chi connectivity index (χ2n) is 9.69. The maximum absolute atomic E-state index is 9.75. The van der Waals surface area contributed by atoms with E-state index in [9.17, 15) is 17.3 Å². The van der Waals surface area contributed by atoms with Crippen molar-refractivity contribution in [1.82, 2.24) is 58.3 Å². The van der Waals surface area contributed by atoms with E-state index in [0.29, 0.717) is 0 Å². The number of hydrogen-bond acceptors (Lipinski definition) is 12. The average molecular weight is 786 g/mol. The maximum Gasteiger partial charge on any atom is 1.00 e. The van der Waals surface area contributed by atoms with Crippen LogP contribution in [0.4, 0.5) is 17.3 Å². The molecule has 0 aromatic heterocycles. The molecule has 0 atom stereocenters. The largest absolute Gasteiger partial charge is 1.00 e. The summed E-state index contributed by atoms with van der Waals surface area (Å²) in [5.74, 6) is 0. The molecule has 6 aliphatic rings. The van der Waals surface area contributed by atoms with E-state index in [1.54, 1.807) is 0 Å². The Morgan fingerprint density at radius 2 is 0.478 bits per heavy atom. The third-order valence-corrected chi connectivity index (χ3v) is 5.84. The molecule has 0 saturated heterocycles. The third-order valence-electron chi connectivity index (χ3n) is 5.84. The van der Waals surface area contributed by atoms with Crippen molar-refractivity contribution in [3.63, 3.8) is 0 Å². The predicted octanol–water partition coefficient (Wildman–Crippen LogP) is 1.52. The fraction of sp³-hybridized carbons (Fsp3) is 0.250. The molecule has 0 fully saturated rings. The van der Waals surface area contributed by atoms with Crippen LogP contribution in [0.25, 0.3) is 0 Å². The number of nitrogens with zero attached hydrogens (tertiary/aromatic N) is 12. The molecule has 0 saturated carbocycles. The molecule has 6 heterocycles. The van der Waals surface area contributed by atoms with Gasteiger partial charge in [0.2, 0.25) is 0 Å². The van der Waals surface area contributed by atoms with E-state index in [1.807, 2.05) is 175 Å². The second-order valence-corrected chi connectivity index (χ2v) is 9.69. The first-order chi connectivity index (χ1) is 20.3. The first kappa shape index (κ1) is 41.5. The van der Waals surface area contributed by atoms with Gasteiger partial charge in [-0.1, -0.05) is 0 Å². The molecular formula is C24H30B3Cu3F4N12. The number of hydrogen-bond donors (Lipinski definition) is 0. The van der Waals surface area contributed by atoms with Crippen LogP contribution in [-0.2, 0) is 51.2 Å². The molecule has 0 aliphatic carbocycles. The van der Waals surface area contributed by atoms with Gasteiger partial charge in [-0.3, -0.25) is 0 Å².